The van der Waals surface area contributed by atoms with Gasteiger partial charge in [-0.2, -0.15) is 0 Å². The van der Waals surface area contributed by atoms with E-state index in [1.165, 1.54) is 16.8 Å². The summed E-state index contributed by atoms with van der Waals surface area (Å²) in [4.78, 5) is 2.41. The average molecular weight is 283 g/mol. The fourth-order valence-corrected chi connectivity index (χ4v) is 3.25. The van der Waals surface area contributed by atoms with Gasteiger partial charge >= 0.3 is 0 Å². The molecule has 0 aromatic heterocycles. The molecule has 0 saturated carbocycles. The van der Waals surface area contributed by atoms with Crippen LogP contribution in [0.15, 0.2) is 54.6 Å². The molecule has 1 unspecified atom stereocenters. The van der Waals surface area contributed by atoms with Crippen molar-refractivity contribution < 1.29 is 0 Å². The standard InChI is InChI=1S/C17H15ClN2/c18-14-7-8-16-13(10-14)6-9-17-19-15(11-20(16)17)12-4-2-1-3-5-12/h1-10,15,17,19H,11H2/t15?,17-/m1/s1. The molecule has 0 spiro atoms. The second kappa shape index (κ2) is 4.65. The smallest absolute Gasteiger partial charge is 0.0996 e. The summed E-state index contributed by atoms with van der Waals surface area (Å²) in [6.45, 7) is 0.980. The van der Waals surface area contributed by atoms with Crippen molar-refractivity contribution in [1.29, 1.82) is 0 Å². The van der Waals surface area contributed by atoms with Gasteiger partial charge in [0.2, 0.25) is 0 Å². The molecule has 0 radical (unpaired) electrons. The average Bonchev–Trinajstić information content (AvgIpc) is 2.92. The zero-order valence-corrected chi connectivity index (χ0v) is 11.7. The Morgan fingerprint density at radius 2 is 1.95 bits per heavy atom. The Morgan fingerprint density at radius 3 is 2.80 bits per heavy atom. The van der Waals surface area contributed by atoms with Crippen molar-refractivity contribution in [3.8, 4) is 0 Å². The van der Waals surface area contributed by atoms with Gasteiger partial charge in [0.1, 0.15) is 0 Å². The van der Waals surface area contributed by atoms with Crippen molar-refractivity contribution in [2.45, 2.75) is 12.2 Å². The van der Waals surface area contributed by atoms with E-state index in [2.05, 4.69) is 58.8 Å². The van der Waals surface area contributed by atoms with Crippen LogP contribution in [0.3, 0.4) is 0 Å². The molecule has 100 valence electrons. The van der Waals surface area contributed by atoms with Crippen LogP contribution < -0.4 is 10.2 Å². The normalized spacial score (nSPS) is 23.6. The highest BCUT2D eigenvalue weighted by Gasteiger charge is 2.33. The van der Waals surface area contributed by atoms with Crippen LogP contribution >= 0.6 is 11.6 Å². The lowest BCUT2D eigenvalue weighted by Gasteiger charge is -2.29. The lowest BCUT2D eigenvalue weighted by atomic mass is 10.1. The highest BCUT2D eigenvalue weighted by atomic mass is 35.5. The fraction of sp³-hybridized carbons (Fsp3) is 0.176. The Labute approximate surface area is 123 Å². The van der Waals surface area contributed by atoms with Crippen molar-refractivity contribution in [3.63, 3.8) is 0 Å². The van der Waals surface area contributed by atoms with Crippen LogP contribution in [0.4, 0.5) is 5.69 Å². The van der Waals surface area contributed by atoms with E-state index in [9.17, 15) is 0 Å². The van der Waals surface area contributed by atoms with Crippen LogP contribution in [0.2, 0.25) is 5.02 Å². The molecule has 0 bridgehead atoms. The van der Waals surface area contributed by atoms with E-state index in [0.717, 1.165) is 11.6 Å². The molecular weight excluding hydrogens is 268 g/mol. The molecule has 1 fully saturated rings. The van der Waals surface area contributed by atoms with Crippen molar-refractivity contribution in [2.24, 2.45) is 0 Å². The third-order valence-electron chi connectivity index (χ3n) is 4.05. The van der Waals surface area contributed by atoms with Crippen LogP contribution in [0.5, 0.6) is 0 Å². The predicted octanol–water partition coefficient (Wildman–Crippen LogP) is 3.84. The van der Waals surface area contributed by atoms with Gasteiger partial charge in [-0.1, -0.05) is 48.0 Å². The summed E-state index contributed by atoms with van der Waals surface area (Å²) in [6, 6.07) is 17.1. The van der Waals surface area contributed by atoms with E-state index < -0.39 is 0 Å². The molecule has 2 aromatic rings. The van der Waals surface area contributed by atoms with Gasteiger partial charge in [0.15, 0.2) is 0 Å². The lowest BCUT2D eigenvalue weighted by Crippen LogP contribution is -2.35. The van der Waals surface area contributed by atoms with Crippen LogP contribution in [0.1, 0.15) is 17.2 Å². The van der Waals surface area contributed by atoms with Gasteiger partial charge in [-0.3, -0.25) is 5.32 Å². The maximum absolute atomic E-state index is 6.08. The maximum Gasteiger partial charge on any atom is 0.0996 e. The minimum Gasteiger partial charge on any atom is -0.350 e. The fourth-order valence-electron chi connectivity index (χ4n) is 3.07. The Morgan fingerprint density at radius 1 is 1.10 bits per heavy atom. The molecule has 2 aliphatic heterocycles. The Bertz CT molecular complexity index is 666. The summed E-state index contributed by atoms with van der Waals surface area (Å²) >= 11 is 6.08. The van der Waals surface area contributed by atoms with Crippen LogP contribution in [-0.4, -0.2) is 12.7 Å². The second-order valence-corrected chi connectivity index (χ2v) is 5.73. The van der Waals surface area contributed by atoms with Gasteiger partial charge in [0.25, 0.3) is 0 Å². The van der Waals surface area contributed by atoms with E-state index in [-0.39, 0.29) is 6.17 Å². The summed E-state index contributed by atoms with van der Waals surface area (Å²) in [5.41, 5.74) is 3.79. The summed E-state index contributed by atoms with van der Waals surface area (Å²) in [5.74, 6) is 0. The second-order valence-electron chi connectivity index (χ2n) is 5.29. The monoisotopic (exact) mass is 282 g/mol. The van der Waals surface area contributed by atoms with E-state index in [4.69, 9.17) is 11.6 Å². The molecular formula is C17H15ClN2. The number of halogens is 1. The Hall–Kier alpha value is -1.77. The molecule has 1 N–H and O–H groups in total. The van der Waals surface area contributed by atoms with Gasteiger partial charge in [-0.05, 0) is 35.4 Å². The first-order valence-corrected chi connectivity index (χ1v) is 7.24. The molecule has 0 amide bonds. The first kappa shape index (κ1) is 12.0. The maximum atomic E-state index is 6.08. The van der Waals surface area contributed by atoms with E-state index in [1.54, 1.807) is 0 Å². The van der Waals surface area contributed by atoms with Crippen molar-refractivity contribution in [3.05, 3.63) is 70.8 Å². The molecule has 2 aromatic carbocycles. The zero-order valence-electron chi connectivity index (χ0n) is 11.0. The van der Waals surface area contributed by atoms with Crippen LogP contribution in [-0.2, 0) is 0 Å². The SMILES string of the molecule is Clc1ccc2c(c1)C=C[C@@H]1NC(c3ccccc3)CN21. The molecule has 1 saturated heterocycles. The first-order chi connectivity index (χ1) is 9.81. The predicted molar refractivity (Wildman–Crippen MR) is 83.9 cm³/mol. The summed E-state index contributed by atoms with van der Waals surface area (Å²) in [5, 5.41) is 4.46. The summed E-state index contributed by atoms with van der Waals surface area (Å²) < 4.78 is 0. The first-order valence-electron chi connectivity index (χ1n) is 6.87. The number of hydrogen-bond donors (Lipinski definition) is 1. The molecule has 2 aliphatic rings. The van der Waals surface area contributed by atoms with Gasteiger partial charge in [-0.25, -0.2) is 0 Å². The molecule has 4 rings (SSSR count). The molecule has 3 heteroatoms. The van der Waals surface area contributed by atoms with E-state index in [0.29, 0.717) is 6.04 Å². The number of nitrogens with one attached hydrogen (secondary N) is 1. The lowest BCUT2D eigenvalue weighted by molar-refractivity contribution is 0.625. The van der Waals surface area contributed by atoms with Gasteiger partial charge in [0.05, 0.1) is 12.2 Å². The molecule has 2 heterocycles. The van der Waals surface area contributed by atoms with Crippen LogP contribution in [0.25, 0.3) is 6.08 Å². The minimum absolute atomic E-state index is 0.272. The molecule has 2 nitrogen and oxygen atoms in total. The van der Waals surface area contributed by atoms with E-state index in [1.807, 2.05) is 12.1 Å². The highest BCUT2D eigenvalue weighted by molar-refractivity contribution is 6.30. The van der Waals surface area contributed by atoms with Crippen LogP contribution in [0, 0.1) is 0 Å². The number of rotatable bonds is 1. The minimum atomic E-state index is 0.272. The van der Waals surface area contributed by atoms with Gasteiger partial charge in [-0.15, -0.1) is 0 Å². The van der Waals surface area contributed by atoms with Gasteiger partial charge < -0.3 is 4.90 Å². The molecule has 0 aliphatic carbocycles. The number of nitrogens with zero attached hydrogens (tertiary/aromatic N) is 1. The Balaban J connectivity index is 1.68. The number of fused-ring (bicyclic) bond motifs is 3. The Kier molecular flexibility index (Phi) is 2.79. The zero-order chi connectivity index (χ0) is 13.5. The van der Waals surface area contributed by atoms with Gasteiger partial charge in [0, 0.05) is 17.3 Å². The highest BCUT2D eigenvalue weighted by Crippen LogP contribution is 2.35. The number of benzene rings is 2. The van der Waals surface area contributed by atoms with Crippen molar-refractivity contribution in [1.82, 2.24) is 5.32 Å². The summed E-state index contributed by atoms with van der Waals surface area (Å²) in [6.07, 6.45) is 4.64. The number of anilines is 1. The molecule has 20 heavy (non-hydrogen) atoms. The topological polar surface area (TPSA) is 15.3 Å². The third kappa shape index (κ3) is 1.92. The molecule has 2 atom stereocenters. The quantitative estimate of drug-likeness (QED) is 0.855. The van der Waals surface area contributed by atoms with E-state index >= 15 is 0 Å². The largest absolute Gasteiger partial charge is 0.350 e. The van der Waals surface area contributed by atoms with Crippen molar-refractivity contribution >= 4 is 23.4 Å². The number of hydrogen-bond acceptors (Lipinski definition) is 2. The van der Waals surface area contributed by atoms with Crippen molar-refractivity contribution in [2.75, 3.05) is 11.4 Å². The summed E-state index contributed by atoms with van der Waals surface area (Å²) in [7, 11) is 0. The third-order valence-corrected chi connectivity index (χ3v) is 4.28.